The number of carbonyl (C=O) groups excluding carboxylic acids is 1. The second-order valence-corrected chi connectivity index (χ2v) is 6.69. The minimum absolute atomic E-state index is 0.0140. The van der Waals surface area contributed by atoms with Gasteiger partial charge < -0.3 is 5.32 Å². The highest BCUT2D eigenvalue weighted by Crippen LogP contribution is 2.39. The summed E-state index contributed by atoms with van der Waals surface area (Å²) >= 11 is 11.4. The average Bonchev–Trinajstić information content (AvgIpc) is 2.84. The maximum absolute atomic E-state index is 11.9. The van der Waals surface area contributed by atoms with Crippen LogP contribution >= 0.6 is 38.9 Å². The molecule has 1 aromatic carbocycles. The quantitative estimate of drug-likeness (QED) is 0.804. The second kappa shape index (κ2) is 5.27. The van der Waals surface area contributed by atoms with Crippen molar-refractivity contribution in [3.8, 4) is 0 Å². The Hall–Kier alpha value is -0.840. The van der Waals surface area contributed by atoms with Crippen molar-refractivity contribution in [1.29, 1.82) is 0 Å². The van der Waals surface area contributed by atoms with Crippen molar-refractivity contribution < 1.29 is 4.79 Å². The van der Waals surface area contributed by atoms with E-state index >= 15 is 0 Å². The van der Waals surface area contributed by atoms with E-state index in [9.17, 15) is 4.79 Å². The molecule has 0 saturated heterocycles. The Morgan fingerprint density at radius 1 is 1.37 bits per heavy atom. The van der Waals surface area contributed by atoms with E-state index in [0.29, 0.717) is 0 Å². The standard InChI is InChI=1S/C14H11BrClNOS/c15-12(13-11(16)4-6-19-13)9-2-1-8-3-5-17-14(18)10(8)7-9/h1-2,4,6-7,12H,3,5H2,(H,17,18). The lowest BCUT2D eigenvalue weighted by Crippen LogP contribution is -2.31. The highest BCUT2D eigenvalue weighted by molar-refractivity contribution is 9.09. The van der Waals surface area contributed by atoms with Gasteiger partial charge in [-0.3, -0.25) is 4.79 Å². The molecule has 1 unspecified atom stereocenters. The molecule has 2 nitrogen and oxygen atoms in total. The molecule has 5 heteroatoms. The molecule has 0 spiro atoms. The van der Waals surface area contributed by atoms with E-state index < -0.39 is 0 Å². The van der Waals surface area contributed by atoms with Crippen molar-refractivity contribution in [2.24, 2.45) is 0 Å². The lowest BCUT2D eigenvalue weighted by atomic mass is 9.96. The zero-order valence-corrected chi connectivity index (χ0v) is 13.1. The Bertz CT molecular complexity index is 640. The molecule has 0 radical (unpaired) electrons. The highest BCUT2D eigenvalue weighted by Gasteiger charge is 2.20. The number of thiophene rings is 1. The van der Waals surface area contributed by atoms with Crippen LogP contribution < -0.4 is 5.32 Å². The van der Waals surface area contributed by atoms with Crippen molar-refractivity contribution in [3.63, 3.8) is 0 Å². The molecule has 1 amide bonds. The van der Waals surface area contributed by atoms with E-state index in [-0.39, 0.29) is 10.7 Å². The van der Waals surface area contributed by atoms with Crippen LogP contribution in [0, 0.1) is 0 Å². The minimum atomic E-state index is 0.0140. The van der Waals surface area contributed by atoms with Gasteiger partial charge >= 0.3 is 0 Å². The van der Waals surface area contributed by atoms with Crippen LogP contribution in [-0.2, 0) is 6.42 Å². The molecule has 19 heavy (non-hydrogen) atoms. The van der Waals surface area contributed by atoms with E-state index in [1.165, 1.54) is 0 Å². The predicted octanol–water partition coefficient (Wildman–Crippen LogP) is 4.17. The van der Waals surface area contributed by atoms with Crippen molar-refractivity contribution in [3.05, 3.63) is 56.2 Å². The summed E-state index contributed by atoms with van der Waals surface area (Å²) in [5.41, 5.74) is 2.95. The summed E-state index contributed by atoms with van der Waals surface area (Å²) in [6.07, 6.45) is 0.897. The summed E-state index contributed by atoms with van der Waals surface area (Å²) in [5, 5.41) is 5.60. The first-order valence-corrected chi connectivity index (χ1v) is 8.12. The van der Waals surface area contributed by atoms with Crippen LogP contribution in [0.5, 0.6) is 0 Å². The molecule has 1 aliphatic rings. The van der Waals surface area contributed by atoms with E-state index in [4.69, 9.17) is 11.6 Å². The van der Waals surface area contributed by atoms with Crippen molar-refractivity contribution >= 4 is 44.8 Å². The molecule has 98 valence electrons. The van der Waals surface area contributed by atoms with Gasteiger partial charge in [0.1, 0.15) is 0 Å². The maximum atomic E-state index is 11.9. The number of alkyl halides is 1. The summed E-state index contributed by atoms with van der Waals surface area (Å²) in [7, 11) is 0. The Morgan fingerprint density at radius 3 is 2.95 bits per heavy atom. The van der Waals surface area contributed by atoms with Gasteiger partial charge in [0.05, 0.1) is 9.85 Å². The summed E-state index contributed by atoms with van der Waals surface area (Å²) in [6, 6.07) is 7.95. The number of halogens is 2. The van der Waals surface area contributed by atoms with E-state index in [0.717, 1.165) is 39.6 Å². The van der Waals surface area contributed by atoms with Gasteiger partial charge in [0, 0.05) is 17.0 Å². The highest BCUT2D eigenvalue weighted by atomic mass is 79.9. The van der Waals surface area contributed by atoms with Gasteiger partial charge in [0.15, 0.2) is 0 Å². The van der Waals surface area contributed by atoms with Crippen LogP contribution in [0.2, 0.25) is 5.02 Å². The van der Waals surface area contributed by atoms with Crippen LogP contribution in [0.1, 0.15) is 31.2 Å². The van der Waals surface area contributed by atoms with E-state index in [2.05, 4.69) is 27.3 Å². The summed E-state index contributed by atoms with van der Waals surface area (Å²) < 4.78 is 0. The number of amides is 1. The topological polar surface area (TPSA) is 29.1 Å². The average molecular weight is 357 g/mol. The fraction of sp³-hybridized carbons (Fsp3) is 0.214. The third-order valence-corrected chi connectivity index (χ3v) is 5.94. The van der Waals surface area contributed by atoms with Crippen molar-refractivity contribution in [2.45, 2.75) is 11.2 Å². The number of benzene rings is 1. The van der Waals surface area contributed by atoms with Crippen LogP contribution in [0.15, 0.2) is 29.6 Å². The monoisotopic (exact) mass is 355 g/mol. The molecule has 1 aromatic heterocycles. The first-order chi connectivity index (χ1) is 9.16. The maximum Gasteiger partial charge on any atom is 0.251 e. The Balaban J connectivity index is 2.00. The van der Waals surface area contributed by atoms with Crippen LogP contribution in [-0.4, -0.2) is 12.5 Å². The molecule has 1 N–H and O–H groups in total. The molecule has 0 saturated carbocycles. The molecule has 0 aliphatic carbocycles. The normalized spacial score (nSPS) is 15.8. The van der Waals surface area contributed by atoms with E-state index in [1.54, 1.807) is 11.3 Å². The number of carbonyl (C=O) groups is 1. The largest absolute Gasteiger partial charge is 0.352 e. The van der Waals surface area contributed by atoms with Gasteiger partial charge in [0.2, 0.25) is 0 Å². The third kappa shape index (κ3) is 2.45. The molecule has 0 bridgehead atoms. The molecule has 3 rings (SSSR count). The Labute approximate surface area is 128 Å². The SMILES string of the molecule is O=C1NCCc2ccc(C(Br)c3sccc3Cl)cc21. The molecule has 0 fully saturated rings. The number of rotatable bonds is 2. The molecule has 1 atom stereocenters. The van der Waals surface area contributed by atoms with Gasteiger partial charge in [-0.2, -0.15) is 0 Å². The lowest BCUT2D eigenvalue weighted by Gasteiger charge is -2.18. The van der Waals surface area contributed by atoms with Gasteiger partial charge in [-0.05, 0) is 35.1 Å². The first-order valence-electron chi connectivity index (χ1n) is 5.95. The smallest absolute Gasteiger partial charge is 0.251 e. The van der Waals surface area contributed by atoms with Gasteiger partial charge in [0.25, 0.3) is 5.91 Å². The first kappa shape index (κ1) is 13.2. The Kier molecular flexibility index (Phi) is 3.65. The van der Waals surface area contributed by atoms with Crippen LogP contribution in [0.4, 0.5) is 0 Å². The minimum Gasteiger partial charge on any atom is -0.352 e. The summed E-state index contributed by atoms with van der Waals surface area (Å²) in [4.78, 5) is 13.0. The molecular formula is C14H11BrClNOS. The van der Waals surface area contributed by atoms with Crippen molar-refractivity contribution in [2.75, 3.05) is 6.54 Å². The number of hydrogen-bond donors (Lipinski definition) is 1. The fourth-order valence-corrected chi connectivity index (χ4v) is 4.38. The zero-order chi connectivity index (χ0) is 13.4. The second-order valence-electron chi connectivity index (χ2n) is 4.42. The predicted molar refractivity (Wildman–Crippen MR) is 82.6 cm³/mol. The number of hydrogen-bond acceptors (Lipinski definition) is 2. The van der Waals surface area contributed by atoms with Gasteiger partial charge in [-0.1, -0.05) is 39.7 Å². The fourth-order valence-electron chi connectivity index (χ4n) is 2.22. The lowest BCUT2D eigenvalue weighted by molar-refractivity contribution is 0.0946. The Morgan fingerprint density at radius 2 is 2.21 bits per heavy atom. The third-order valence-electron chi connectivity index (χ3n) is 3.23. The van der Waals surface area contributed by atoms with Crippen LogP contribution in [0.25, 0.3) is 0 Å². The van der Waals surface area contributed by atoms with E-state index in [1.807, 2.05) is 23.6 Å². The van der Waals surface area contributed by atoms with Crippen LogP contribution in [0.3, 0.4) is 0 Å². The van der Waals surface area contributed by atoms with Crippen molar-refractivity contribution in [1.82, 2.24) is 5.32 Å². The number of fused-ring (bicyclic) bond motifs is 1. The molecular weight excluding hydrogens is 346 g/mol. The molecule has 2 heterocycles. The zero-order valence-electron chi connectivity index (χ0n) is 9.95. The summed E-state index contributed by atoms with van der Waals surface area (Å²) in [5.74, 6) is 0.0140. The van der Waals surface area contributed by atoms with Gasteiger partial charge in [-0.25, -0.2) is 0 Å². The number of nitrogens with one attached hydrogen (secondary N) is 1. The molecule has 2 aromatic rings. The molecule has 1 aliphatic heterocycles. The summed E-state index contributed by atoms with van der Waals surface area (Å²) in [6.45, 7) is 0.722. The van der Waals surface area contributed by atoms with Gasteiger partial charge in [-0.15, -0.1) is 11.3 Å².